The van der Waals surface area contributed by atoms with Crippen LogP contribution in [0.25, 0.3) is 146 Å². The lowest BCUT2D eigenvalue weighted by atomic mass is 9.85. The van der Waals surface area contributed by atoms with Gasteiger partial charge in [-0.3, -0.25) is 0 Å². The normalized spacial score (nSPS) is 12.4. The monoisotopic (exact) mass is 1250 g/mol. The van der Waals surface area contributed by atoms with E-state index in [0.717, 1.165) is 89.1 Å². The van der Waals surface area contributed by atoms with Gasteiger partial charge < -0.3 is 9.13 Å². The van der Waals surface area contributed by atoms with E-state index in [-0.39, 0.29) is 21.7 Å². The van der Waals surface area contributed by atoms with Gasteiger partial charge in [0.15, 0.2) is 34.9 Å². The maximum absolute atomic E-state index is 5.37. The minimum absolute atomic E-state index is 0.0640. The number of hydrogen-bond acceptors (Lipinski definition) is 6. The zero-order valence-corrected chi connectivity index (χ0v) is 56.8. The lowest BCUT2D eigenvalue weighted by molar-refractivity contribution is 0.590. The van der Waals surface area contributed by atoms with E-state index >= 15 is 0 Å². The minimum atomic E-state index is -0.0640. The molecule has 0 amide bonds. The Labute approximate surface area is 563 Å². The Balaban J connectivity index is 0.990. The molecule has 0 unspecified atom stereocenters. The van der Waals surface area contributed by atoms with Crippen molar-refractivity contribution in [1.29, 1.82) is 0 Å². The zero-order chi connectivity index (χ0) is 66.4. The molecule has 8 nitrogen and oxygen atoms in total. The van der Waals surface area contributed by atoms with Crippen LogP contribution in [0.15, 0.2) is 255 Å². The molecule has 470 valence electrons. The Morgan fingerprint density at radius 3 is 0.667 bits per heavy atom. The first-order valence-electron chi connectivity index (χ1n) is 33.4. The van der Waals surface area contributed by atoms with Crippen LogP contribution in [0.2, 0.25) is 0 Å². The molecular formula is C88H78N8. The van der Waals surface area contributed by atoms with Gasteiger partial charge in [-0.05, 0) is 157 Å². The molecule has 0 saturated heterocycles. The first kappa shape index (κ1) is 61.2. The standard InChI is InChI=1S/C88H78N8/c1-85(2,3)65-36-40-75-71(51-65)72-52-66(86(4,5)6)37-41-76(72)95(75)69-47-61(45-63(49-69)83-91-79(55-26-17-13-18-27-55)89-80(92-83)56-28-19-14-20-29-56)59-34-25-35-60(44-59)62-46-64(84-93-81(57-30-21-15-22-31-57)90-82(94-84)58-32-23-16-24-33-58)50-70(48-62)96-77-42-38-67(87(7,8)9)53-73(77)74-54-68(88(10,11)12)39-43-78(74)96/h13-54H,1-12H3. The third-order valence-corrected chi connectivity index (χ3v) is 18.8. The van der Waals surface area contributed by atoms with Gasteiger partial charge in [0.05, 0.1) is 22.1 Å². The van der Waals surface area contributed by atoms with Crippen LogP contribution in [0.4, 0.5) is 0 Å². The Morgan fingerprint density at radius 2 is 0.417 bits per heavy atom. The van der Waals surface area contributed by atoms with Crippen molar-refractivity contribution in [2.45, 2.75) is 105 Å². The van der Waals surface area contributed by atoms with Gasteiger partial charge >= 0.3 is 0 Å². The number of rotatable bonds is 10. The van der Waals surface area contributed by atoms with Gasteiger partial charge in [-0.25, -0.2) is 29.9 Å². The molecule has 4 heterocycles. The van der Waals surface area contributed by atoms with Crippen molar-refractivity contribution in [2.24, 2.45) is 0 Å². The van der Waals surface area contributed by atoms with E-state index < -0.39 is 0 Å². The molecule has 0 fully saturated rings. The summed E-state index contributed by atoms with van der Waals surface area (Å²) >= 11 is 0. The smallest absolute Gasteiger partial charge is 0.164 e. The van der Waals surface area contributed by atoms with Crippen molar-refractivity contribution in [3.05, 3.63) is 277 Å². The lowest BCUT2D eigenvalue weighted by Crippen LogP contribution is -2.10. The number of nitrogens with zero attached hydrogens (tertiary/aromatic N) is 8. The molecule has 0 aliphatic carbocycles. The van der Waals surface area contributed by atoms with Crippen LogP contribution >= 0.6 is 0 Å². The largest absolute Gasteiger partial charge is 0.309 e. The van der Waals surface area contributed by atoms with Crippen molar-refractivity contribution in [3.63, 3.8) is 0 Å². The summed E-state index contributed by atoms with van der Waals surface area (Å²) in [6.45, 7) is 27.5. The van der Waals surface area contributed by atoms with Gasteiger partial charge in [0.1, 0.15) is 0 Å². The molecule has 15 rings (SSSR count). The highest BCUT2D eigenvalue weighted by atomic mass is 15.1. The molecule has 0 spiro atoms. The Bertz CT molecular complexity index is 4880. The Morgan fingerprint density at radius 1 is 0.198 bits per heavy atom. The number of aromatic nitrogens is 8. The molecule has 0 radical (unpaired) electrons. The predicted octanol–water partition coefficient (Wildman–Crippen LogP) is 22.8. The third-order valence-electron chi connectivity index (χ3n) is 18.8. The topological polar surface area (TPSA) is 87.2 Å². The van der Waals surface area contributed by atoms with E-state index in [0.29, 0.717) is 34.9 Å². The fourth-order valence-corrected chi connectivity index (χ4v) is 13.3. The molecule has 15 aromatic rings. The van der Waals surface area contributed by atoms with Gasteiger partial charge in [-0.15, -0.1) is 0 Å². The van der Waals surface area contributed by atoms with E-state index in [9.17, 15) is 0 Å². The summed E-state index contributed by atoms with van der Waals surface area (Å²) in [4.78, 5) is 31.8. The first-order valence-corrected chi connectivity index (χ1v) is 33.4. The van der Waals surface area contributed by atoms with E-state index in [2.05, 4.69) is 274 Å². The van der Waals surface area contributed by atoms with Crippen LogP contribution in [0.3, 0.4) is 0 Å². The van der Waals surface area contributed by atoms with Gasteiger partial charge in [0.25, 0.3) is 0 Å². The van der Waals surface area contributed by atoms with Gasteiger partial charge in [0, 0.05) is 66.3 Å². The predicted molar refractivity (Wildman–Crippen MR) is 400 cm³/mol. The van der Waals surface area contributed by atoms with E-state index in [4.69, 9.17) is 29.9 Å². The Kier molecular flexibility index (Phi) is 15.0. The zero-order valence-electron chi connectivity index (χ0n) is 56.8. The summed E-state index contributed by atoms with van der Waals surface area (Å²) in [7, 11) is 0. The molecule has 0 atom stereocenters. The highest BCUT2D eigenvalue weighted by Crippen LogP contribution is 2.44. The summed E-state index contributed by atoms with van der Waals surface area (Å²) in [5, 5.41) is 4.85. The van der Waals surface area contributed by atoms with Crippen molar-refractivity contribution >= 4 is 43.6 Å². The van der Waals surface area contributed by atoms with Crippen LogP contribution in [-0.2, 0) is 21.7 Å². The second kappa shape index (κ2) is 23.5. The summed E-state index contributed by atoms with van der Waals surface area (Å²) in [5.41, 5.74) is 20.7. The van der Waals surface area contributed by atoms with Crippen LogP contribution in [-0.4, -0.2) is 39.0 Å². The van der Waals surface area contributed by atoms with Crippen molar-refractivity contribution in [3.8, 4) is 102 Å². The molecule has 0 aliphatic heterocycles. The highest BCUT2D eigenvalue weighted by molar-refractivity contribution is 6.11. The molecule has 0 bridgehead atoms. The average Bonchev–Trinajstić information content (AvgIpc) is 1.58. The minimum Gasteiger partial charge on any atom is -0.309 e. The molecule has 96 heavy (non-hydrogen) atoms. The van der Waals surface area contributed by atoms with Gasteiger partial charge in [-0.1, -0.05) is 247 Å². The van der Waals surface area contributed by atoms with E-state index in [1.165, 1.54) is 43.8 Å². The fourth-order valence-electron chi connectivity index (χ4n) is 13.3. The molecule has 0 saturated carbocycles. The molecule has 8 heteroatoms. The van der Waals surface area contributed by atoms with E-state index in [1.807, 2.05) is 72.8 Å². The van der Waals surface area contributed by atoms with Crippen LogP contribution < -0.4 is 0 Å². The number of benzene rings is 11. The average molecular weight is 1250 g/mol. The third kappa shape index (κ3) is 11.6. The fraction of sp³-hybridized carbons (Fsp3) is 0.182. The number of hydrogen-bond donors (Lipinski definition) is 0. The summed E-state index contributed by atoms with van der Waals surface area (Å²) in [5.74, 6) is 3.54. The highest BCUT2D eigenvalue weighted by Gasteiger charge is 2.26. The quantitative estimate of drug-likeness (QED) is 0.136. The maximum atomic E-state index is 5.37. The van der Waals surface area contributed by atoms with Crippen LogP contribution in [0.5, 0.6) is 0 Å². The van der Waals surface area contributed by atoms with Crippen molar-refractivity contribution in [2.75, 3.05) is 0 Å². The van der Waals surface area contributed by atoms with Gasteiger partial charge in [0.2, 0.25) is 0 Å². The molecular weight excluding hydrogens is 1170 g/mol. The number of fused-ring (bicyclic) bond motifs is 6. The molecule has 0 aliphatic rings. The summed E-state index contributed by atoms with van der Waals surface area (Å²) < 4.78 is 4.88. The second-order valence-electron chi connectivity index (χ2n) is 29.8. The Hall–Kier alpha value is -11.0. The maximum Gasteiger partial charge on any atom is 0.164 e. The molecule has 4 aromatic heterocycles. The van der Waals surface area contributed by atoms with Crippen LogP contribution in [0, 0.1) is 0 Å². The van der Waals surface area contributed by atoms with E-state index in [1.54, 1.807) is 0 Å². The second-order valence-corrected chi connectivity index (χ2v) is 29.8. The SMILES string of the molecule is CC(C)(C)c1ccc2c(c1)c1cc(C(C)(C)C)ccc1n2-c1cc(-c2cccc(-c3cc(-c4nc(-c5ccccc5)nc(-c5ccccc5)n4)cc(-n4c5ccc(C(C)(C)C)cc5c5cc(C(C)(C)C)ccc54)c3)c2)cc(-c2nc(-c3ccccc3)nc(-c3ccccc3)n2)c1. The van der Waals surface area contributed by atoms with Crippen molar-refractivity contribution in [1.82, 2.24) is 39.0 Å². The molecule has 11 aromatic carbocycles. The summed E-state index contributed by atoms with van der Waals surface area (Å²) in [6, 6.07) is 91.7. The lowest BCUT2D eigenvalue weighted by Gasteiger charge is -2.19. The van der Waals surface area contributed by atoms with Crippen LogP contribution in [0.1, 0.15) is 105 Å². The van der Waals surface area contributed by atoms with Gasteiger partial charge in [-0.2, -0.15) is 0 Å². The first-order chi connectivity index (χ1) is 46.1. The molecule has 0 N–H and O–H groups in total. The van der Waals surface area contributed by atoms with Crippen molar-refractivity contribution < 1.29 is 0 Å². The summed E-state index contributed by atoms with van der Waals surface area (Å²) in [6.07, 6.45) is 0.